The lowest BCUT2D eigenvalue weighted by molar-refractivity contribution is 0.0510. The minimum atomic E-state index is 0.116. The Labute approximate surface area is 140 Å². The van der Waals surface area contributed by atoms with E-state index < -0.39 is 0 Å². The molecule has 5 atom stereocenters. The quantitative estimate of drug-likeness (QED) is 0.702. The van der Waals surface area contributed by atoms with Crippen LogP contribution < -0.4 is 9.47 Å². The minimum absolute atomic E-state index is 0.116. The molecule has 1 saturated heterocycles. The summed E-state index contributed by atoms with van der Waals surface area (Å²) in [6.07, 6.45) is 0.440. The molecule has 0 radical (unpaired) electrons. The van der Waals surface area contributed by atoms with E-state index in [9.17, 15) is 0 Å². The Morgan fingerprint density at radius 3 is 2.29 bits per heavy atom. The van der Waals surface area contributed by atoms with Gasteiger partial charge < -0.3 is 14.2 Å². The first-order chi connectivity index (χ1) is 9.92. The number of alkyl halides is 1. The standard InChI is InChI=1S/C16H22BrClO3/c1-8-9(2)21-10(3)13(8)14(17)11-6-7-12(19-4)15(18)16(11)20-5/h6-10,13-14H,1-5H3. The number of hydrogen-bond acceptors (Lipinski definition) is 3. The number of benzene rings is 1. The second-order valence-corrected chi connectivity index (χ2v) is 6.95. The Morgan fingerprint density at radius 2 is 1.81 bits per heavy atom. The van der Waals surface area contributed by atoms with Crippen molar-refractivity contribution in [1.82, 2.24) is 0 Å². The highest BCUT2D eigenvalue weighted by Crippen LogP contribution is 2.49. The average molecular weight is 378 g/mol. The largest absolute Gasteiger partial charge is 0.495 e. The Bertz CT molecular complexity index is 509. The van der Waals surface area contributed by atoms with E-state index in [-0.39, 0.29) is 17.0 Å². The van der Waals surface area contributed by atoms with Crippen molar-refractivity contribution < 1.29 is 14.2 Å². The molecule has 5 heteroatoms. The molecule has 0 N–H and O–H groups in total. The highest BCUT2D eigenvalue weighted by atomic mass is 79.9. The fourth-order valence-corrected chi connectivity index (χ4v) is 4.74. The van der Waals surface area contributed by atoms with Gasteiger partial charge in [-0.2, -0.15) is 0 Å². The maximum Gasteiger partial charge on any atom is 0.145 e. The van der Waals surface area contributed by atoms with Crippen molar-refractivity contribution in [2.45, 2.75) is 37.8 Å². The monoisotopic (exact) mass is 376 g/mol. The first kappa shape index (κ1) is 16.9. The molecular weight excluding hydrogens is 356 g/mol. The minimum Gasteiger partial charge on any atom is -0.495 e. The van der Waals surface area contributed by atoms with E-state index in [4.69, 9.17) is 25.8 Å². The van der Waals surface area contributed by atoms with Crippen LogP contribution in [-0.2, 0) is 4.74 Å². The number of halogens is 2. The normalized spacial score (nSPS) is 30.2. The van der Waals surface area contributed by atoms with Gasteiger partial charge in [-0.15, -0.1) is 0 Å². The maximum absolute atomic E-state index is 6.36. The van der Waals surface area contributed by atoms with Gasteiger partial charge in [-0.25, -0.2) is 0 Å². The van der Waals surface area contributed by atoms with Crippen LogP contribution in [0.2, 0.25) is 5.02 Å². The molecule has 1 aliphatic rings. The zero-order valence-corrected chi connectivity index (χ0v) is 15.4. The van der Waals surface area contributed by atoms with Crippen LogP contribution in [0.25, 0.3) is 0 Å². The highest BCUT2D eigenvalue weighted by molar-refractivity contribution is 9.09. The lowest BCUT2D eigenvalue weighted by Crippen LogP contribution is -2.22. The fourth-order valence-electron chi connectivity index (χ4n) is 3.14. The van der Waals surface area contributed by atoms with Gasteiger partial charge >= 0.3 is 0 Å². The van der Waals surface area contributed by atoms with Crippen LogP contribution in [0.4, 0.5) is 0 Å². The molecule has 5 unspecified atom stereocenters. The molecule has 2 rings (SSSR count). The summed E-state index contributed by atoms with van der Waals surface area (Å²) < 4.78 is 16.7. The molecule has 0 aromatic heterocycles. The van der Waals surface area contributed by atoms with Gasteiger partial charge in [0.05, 0.1) is 26.4 Å². The lowest BCUT2D eigenvalue weighted by atomic mass is 9.84. The molecule has 1 aliphatic heterocycles. The highest BCUT2D eigenvalue weighted by Gasteiger charge is 2.42. The van der Waals surface area contributed by atoms with Crippen LogP contribution in [-0.4, -0.2) is 26.4 Å². The topological polar surface area (TPSA) is 27.7 Å². The van der Waals surface area contributed by atoms with E-state index >= 15 is 0 Å². The molecule has 1 fully saturated rings. The van der Waals surface area contributed by atoms with Crippen LogP contribution in [0.15, 0.2) is 12.1 Å². The molecule has 3 nitrogen and oxygen atoms in total. The summed E-state index contributed by atoms with van der Waals surface area (Å²) in [6, 6.07) is 3.88. The van der Waals surface area contributed by atoms with Crippen molar-refractivity contribution in [2.75, 3.05) is 14.2 Å². The van der Waals surface area contributed by atoms with Crippen LogP contribution in [0.5, 0.6) is 11.5 Å². The maximum atomic E-state index is 6.36. The summed E-state index contributed by atoms with van der Waals surface area (Å²) in [4.78, 5) is 0.116. The molecule has 21 heavy (non-hydrogen) atoms. The third-order valence-corrected chi connectivity index (χ3v) is 5.93. The number of methoxy groups -OCH3 is 2. The van der Waals surface area contributed by atoms with Gasteiger partial charge in [0.2, 0.25) is 0 Å². The summed E-state index contributed by atoms with van der Waals surface area (Å²) >= 11 is 10.2. The van der Waals surface area contributed by atoms with Crippen molar-refractivity contribution in [3.63, 3.8) is 0 Å². The van der Waals surface area contributed by atoms with Gasteiger partial charge in [-0.05, 0) is 25.8 Å². The van der Waals surface area contributed by atoms with Gasteiger partial charge in [-0.3, -0.25) is 0 Å². The summed E-state index contributed by atoms with van der Waals surface area (Å²) in [6.45, 7) is 6.47. The van der Waals surface area contributed by atoms with E-state index in [0.29, 0.717) is 28.4 Å². The second-order valence-electron chi connectivity index (χ2n) is 5.59. The van der Waals surface area contributed by atoms with Crippen LogP contribution in [0, 0.1) is 11.8 Å². The van der Waals surface area contributed by atoms with Gasteiger partial charge in [0.1, 0.15) is 16.5 Å². The summed E-state index contributed by atoms with van der Waals surface area (Å²) in [7, 11) is 3.23. The van der Waals surface area contributed by atoms with Crippen molar-refractivity contribution in [3.05, 3.63) is 22.7 Å². The van der Waals surface area contributed by atoms with Crippen molar-refractivity contribution in [3.8, 4) is 11.5 Å². The van der Waals surface area contributed by atoms with E-state index in [1.165, 1.54) is 0 Å². The molecular formula is C16H22BrClO3. The third kappa shape index (κ3) is 3.03. The average Bonchev–Trinajstić information content (AvgIpc) is 2.71. The molecule has 1 aromatic carbocycles. The molecule has 0 saturated carbocycles. The SMILES string of the molecule is COc1ccc(C(Br)C2C(C)OC(C)C2C)c(OC)c1Cl. The Hall–Kier alpha value is -0.450. The van der Waals surface area contributed by atoms with Crippen LogP contribution in [0.3, 0.4) is 0 Å². The van der Waals surface area contributed by atoms with Crippen LogP contribution in [0.1, 0.15) is 31.2 Å². The fraction of sp³-hybridized carbons (Fsp3) is 0.625. The first-order valence-electron chi connectivity index (χ1n) is 7.12. The molecule has 0 amide bonds. The zero-order chi connectivity index (χ0) is 15.7. The van der Waals surface area contributed by atoms with E-state index in [1.54, 1.807) is 14.2 Å². The van der Waals surface area contributed by atoms with Crippen molar-refractivity contribution >= 4 is 27.5 Å². The molecule has 1 aromatic rings. The summed E-state index contributed by atoms with van der Waals surface area (Å²) in [5.74, 6) is 2.10. The molecule has 118 valence electrons. The van der Waals surface area contributed by atoms with Crippen molar-refractivity contribution in [2.24, 2.45) is 11.8 Å². The number of rotatable bonds is 4. The summed E-state index contributed by atoms with van der Waals surface area (Å²) in [5.41, 5.74) is 1.03. The molecule has 0 aliphatic carbocycles. The van der Waals surface area contributed by atoms with Crippen molar-refractivity contribution in [1.29, 1.82) is 0 Å². The predicted octanol–water partition coefficient (Wildman–Crippen LogP) is 4.85. The molecule has 1 heterocycles. The van der Waals surface area contributed by atoms with Gasteiger partial charge in [0.15, 0.2) is 0 Å². The third-order valence-electron chi connectivity index (χ3n) is 4.47. The Kier molecular flexibility index (Phi) is 5.44. The Morgan fingerprint density at radius 1 is 1.14 bits per heavy atom. The van der Waals surface area contributed by atoms with Gasteiger partial charge in [-0.1, -0.05) is 40.5 Å². The zero-order valence-electron chi connectivity index (χ0n) is 13.0. The van der Waals surface area contributed by atoms with E-state index in [0.717, 1.165) is 5.56 Å². The van der Waals surface area contributed by atoms with E-state index in [2.05, 4.69) is 36.7 Å². The summed E-state index contributed by atoms with van der Waals surface area (Å²) in [5, 5.41) is 0.509. The number of hydrogen-bond donors (Lipinski definition) is 0. The predicted molar refractivity (Wildman–Crippen MR) is 88.9 cm³/mol. The first-order valence-corrected chi connectivity index (χ1v) is 8.41. The van der Waals surface area contributed by atoms with Gasteiger partial charge in [0.25, 0.3) is 0 Å². The Balaban J connectivity index is 2.39. The smallest absolute Gasteiger partial charge is 0.145 e. The lowest BCUT2D eigenvalue weighted by Gasteiger charge is -2.26. The van der Waals surface area contributed by atoms with E-state index in [1.807, 2.05) is 12.1 Å². The number of ether oxygens (including phenoxy) is 3. The van der Waals surface area contributed by atoms with Gasteiger partial charge in [0, 0.05) is 16.3 Å². The molecule has 0 bridgehead atoms. The van der Waals surface area contributed by atoms with Crippen LogP contribution >= 0.6 is 27.5 Å². The molecule has 0 spiro atoms. The second kappa shape index (κ2) is 6.76.